The van der Waals surface area contributed by atoms with Gasteiger partial charge in [0, 0.05) is 56.0 Å². The molecule has 0 spiro atoms. The summed E-state index contributed by atoms with van der Waals surface area (Å²) in [5, 5.41) is 7.91. The van der Waals surface area contributed by atoms with Gasteiger partial charge in [0.2, 0.25) is 0 Å². The van der Waals surface area contributed by atoms with E-state index in [9.17, 15) is 9.59 Å². The number of carbonyl (C=O) groups is 2. The molecular weight excluding hydrogens is 514 g/mol. The number of para-hydroxylation sites is 2. The van der Waals surface area contributed by atoms with Gasteiger partial charge in [-0.15, -0.1) is 0 Å². The fraction of sp³-hybridized carbons (Fsp3) is 0.273. The molecular formula is C33H37N5O3. The summed E-state index contributed by atoms with van der Waals surface area (Å²) in [6.07, 6.45) is 0. The SMILES string of the molecule is CCN(CC)C(=O)c1cc(NC(=O)Nc2cccc3ccccc23)ccc1N1CCN(c2ccccc2OC)CC1. The molecule has 3 amide bonds. The predicted molar refractivity (Wildman–Crippen MR) is 168 cm³/mol. The zero-order valence-corrected chi connectivity index (χ0v) is 23.9. The van der Waals surface area contributed by atoms with E-state index in [-0.39, 0.29) is 11.9 Å². The van der Waals surface area contributed by atoms with Crippen molar-refractivity contribution >= 4 is 45.5 Å². The molecule has 0 aromatic heterocycles. The fourth-order valence-corrected chi connectivity index (χ4v) is 5.44. The van der Waals surface area contributed by atoms with Gasteiger partial charge < -0.3 is 30.1 Å². The van der Waals surface area contributed by atoms with Gasteiger partial charge in [-0.25, -0.2) is 4.79 Å². The van der Waals surface area contributed by atoms with E-state index in [1.165, 1.54) is 0 Å². The topological polar surface area (TPSA) is 77.2 Å². The molecule has 4 aromatic carbocycles. The summed E-state index contributed by atoms with van der Waals surface area (Å²) in [5.74, 6) is 0.811. The molecule has 0 atom stereocenters. The Morgan fingerprint density at radius 1 is 0.780 bits per heavy atom. The first kappa shape index (κ1) is 27.8. The lowest BCUT2D eigenvalue weighted by Crippen LogP contribution is -2.47. The summed E-state index contributed by atoms with van der Waals surface area (Å²) in [6, 6.07) is 27.0. The number of nitrogens with one attached hydrogen (secondary N) is 2. The van der Waals surface area contributed by atoms with Crippen molar-refractivity contribution in [1.29, 1.82) is 0 Å². The molecule has 8 heteroatoms. The van der Waals surface area contributed by atoms with Gasteiger partial charge >= 0.3 is 6.03 Å². The third-order valence-electron chi connectivity index (χ3n) is 7.62. The molecule has 2 N–H and O–H groups in total. The second-order valence-corrected chi connectivity index (χ2v) is 9.96. The van der Waals surface area contributed by atoms with E-state index in [1.807, 2.05) is 91.5 Å². The highest BCUT2D eigenvalue weighted by Crippen LogP contribution is 2.32. The van der Waals surface area contributed by atoms with E-state index in [0.29, 0.717) is 24.3 Å². The number of urea groups is 1. The first-order valence-corrected chi connectivity index (χ1v) is 14.1. The molecule has 0 aliphatic carbocycles. The Morgan fingerprint density at radius 2 is 1.44 bits per heavy atom. The normalized spacial score (nSPS) is 13.1. The Labute approximate surface area is 241 Å². The number of rotatable bonds is 8. The molecule has 5 rings (SSSR count). The maximum absolute atomic E-state index is 13.7. The highest BCUT2D eigenvalue weighted by Gasteiger charge is 2.25. The molecule has 1 aliphatic rings. The number of methoxy groups -OCH3 is 1. The van der Waals surface area contributed by atoms with Crippen molar-refractivity contribution in [2.24, 2.45) is 0 Å². The van der Waals surface area contributed by atoms with Crippen LogP contribution in [0.5, 0.6) is 5.75 Å². The van der Waals surface area contributed by atoms with Crippen LogP contribution in [0.3, 0.4) is 0 Å². The molecule has 0 bridgehead atoms. The zero-order valence-electron chi connectivity index (χ0n) is 23.9. The largest absolute Gasteiger partial charge is 0.495 e. The van der Waals surface area contributed by atoms with Crippen LogP contribution in [0, 0.1) is 0 Å². The van der Waals surface area contributed by atoms with Gasteiger partial charge in [0.1, 0.15) is 5.75 Å². The number of nitrogens with zero attached hydrogens (tertiary/aromatic N) is 3. The molecule has 1 fully saturated rings. The number of anilines is 4. The van der Waals surface area contributed by atoms with Crippen LogP contribution in [0.25, 0.3) is 10.8 Å². The minimum atomic E-state index is -0.360. The number of ether oxygens (including phenoxy) is 1. The molecule has 1 saturated heterocycles. The van der Waals surface area contributed by atoms with Crippen molar-refractivity contribution < 1.29 is 14.3 Å². The number of hydrogen-bond acceptors (Lipinski definition) is 5. The van der Waals surface area contributed by atoms with Crippen molar-refractivity contribution in [2.75, 3.05) is 66.8 Å². The summed E-state index contributed by atoms with van der Waals surface area (Å²) >= 11 is 0. The molecule has 1 aliphatic heterocycles. The van der Waals surface area contributed by atoms with E-state index in [4.69, 9.17) is 4.74 Å². The summed E-state index contributed by atoms with van der Waals surface area (Å²) < 4.78 is 5.57. The molecule has 4 aromatic rings. The van der Waals surface area contributed by atoms with Gasteiger partial charge in [-0.05, 0) is 55.6 Å². The van der Waals surface area contributed by atoms with Crippen molar-refractivity contribution in [2.45, 2.75) is 13.8 Å². The number of hydrogen-bond donors (Lipinski definition) is 2. The van der Waals surface area contributed by atoms with Crippen LogP contribution in [0.15, 0.2) is 84.9 Å². The smallest absolute Gasteiger partial charge is 0.323 e. The standard InChI is InChI=1S/C33H37N5O3/c1-4-36(5-2)32(39)27-23-25(34-33(40)35-28-14-10-12-24-11-6-7-13-26(24)28)17-18-29(27)37-19-21-38(22-20-37)30-15-8-9-16-31(30)41-3/h6-18,23H,4-5,19-22H2,1-3H3,(H2,34,35,40). The molecule has 41 heavy (non-hydrogen) atoms. The van der Waals surface area contributed by atoms with Gasteiger partial charge in [-0.2, -0.15) is 0 Å². The number of amides is 3. The van der Waals surface area contributed by atoms with E-state index in [0.717, 1.165) is 59.8 Å². The van der Waals surface area contributed by atoms with Crippen LogP contribution in [0.2, 0.25) is 0 Å². The van der Waals surface area contributed by atoms with Gasteiger partial charge in [0.05, 0.1) is 24.0 Å². The zero-order chi connectivity index (χ0) is 28.8. The predicted octanol–water partition coefficient (Wildman–Crippen LogP) is 6.30. The molecule has 212 valence electrons. The van der Waals surface area contributed by atoms with Crippen LogP contribution in [-0.2, 0) is 0 Å². The molecule has 1 heterocycles. The molecule has 8 nitrogen and oxygen atoms in total. The second-order valence-electron chi connectivity index (χ2n) is 9.96. The Kier molecular flexibility index (Phi) is 8.58. The third kappa shape index (κ3) is 6.06. The van der Waals surface area contributed by atoms with E-state index >= 15 is 0 Å². The van der Waals surface area contributed by atoms with E-state index in [1.54, 1.807) is 13.2 Å². The van der Waals surface area contributed by atoms with E-state index in [2.05, 4.69) is 26.5 Å². The Bertz CT molecular complexity index is 1520. The maximum atomic E-state index is 13.7. The summed E-state index contributed by atoms with van der Waals surface area (Å²) in [4.78, 5) is 33.1. The fourth-order valence-electron chi connectivity index (χ4n) is 5.44. The number of fused-ring (bicyclic) bond motifs is 1. The second kappa shape index (κ2) is 12.6. The van der Waals surface area contributed by atoms with Crippen molar-refractivity contribution in [3.63, 3.8) is 0 Å². The van der Waals surface area contributed by atoms with Gasteiger partial charge in [0.25, 0.3) is 5.91 Å². The molecule has 0 saturated carbocycles. The lowest BCUT2D eigenvalue weighted by atomic mass is 10.1. The molecule has 0 radical (unpaired) electrons. The first-order valence-electron chi connectivity index (χ1n) is 14.1. The van der Waals surface area contributed by atoms with Crippen LogP contribution in [0.1, 0.15) is 24.2 Å². The summed E-state index contributed by atoms with van der Waals surface area (Å²) in [5.41, 5.74) is 3.83. The minimum Gasteiger partial charge on any atom is -0.495 e. The highest BCUT2D eigenvalue weighted by molar-refractivity contribution is 6.07. The Balaban J connectivity index is 1.36. The minimum absolute atomic E-state index is 0.0460. The Hall–Kier alpha value is -4.72. The van der Waals surface area contributed by atoms with Gasteiger partial charge in [-0.1, -0.05) is 48.5 Å². The van der Waals surface area contributed by atoms with Crippen molar-refractivity contribution in [1.82, 2.24) is 4.90 Å². The highest BCUT2D eigenvalue weighted by atomic mass is 16.5. The number of carbonyl (C=O) groups excluding carboxylic acids is 2. The van der Waals surface area contributed by atoms with Gasteiger partial charge in [0.15, 0.2) is 0 Å². The van der Waals surface area contributed by atoms with Crippen LogP contribution in [-0.4, -0.2) is 63.2 Å². The lowest BCUT2D eigenvalue weighted by molar-refractivity contribution is 0.0773. The van der Waals surface area contributed by atoms with Crippen LogP contribution in [0.4, 0.5) is 27.5 Å². The van der Waals surface area contributed by atoms with Crippen molar-refractivity contribution in [3.05, 3.63) is 90.5 Å². The lowest BCUT2D eigenvalue weighted by Gasteiger charge is -2.38. The van der Waals surface area contributed by atoms with E-state index < -0.39 is 0 Å². The summed E-state index contributed by atoms with van der Waals surface area (Å²) in [6.45, 7) is 8.28. The maximum Gasteiger partial charge on any atom is 0.323 e. The first-order chi connectivity index (χ1) is 20.0. The van der Waals surface area contributed by atoms with Gasteiger partial charge in [-0.3, -0.25) is 4.79 Å². The average molecular weight is 552 g/mol. The monoisotopic (exact) mass is 551 g/mol. The average Bonchev–Trinajstić information content (AvgIpc) is 3.02. The quantitative estimate of drug-likeness (QED) is 0.269. The van der Waals surface area contributed by atoms with Crippen LogP contribution < -0.4 is 25.2 Å². The number of benzene rings is 4. The third-order valence-corrected chi connectivity index (χ3v) is 7.62. The summed E-state index contributed by atoms with van der Waals surface area (Å²) in [7, 11) is 1.69. The van der Waals surface area contributed by atoms with Crippen molar-refractivity contribution in [3.8, 4) is 5.75 Å². The number of piperazine rings is 1. The van der Waals surface area contributed by atoms with Crippen LogP contribution >= 0.6 is 0 Å². The molecule has 0 unspecified atom stereocenters. The Morgan fingerprint density at radius 3 is 2.17 bits per heavy atom.